The number of carbonyl (C=O) groups excluding carboxylic acids is 1. The molecule has 2 aromatic carbocycles. The van der Waals surface area contributed by atoms with Crippen LogP contribution in [-0.2, 0) is 0 Å². The van der Waals surface area contributed by atoms with Crippen molar-refractivity contribution in [3.8, 4) is 11.5 Å². The third-order valence-corrected chi connectivity index (χ3v) is 4.68. The summed E-state index contributed by atoms with van der Waals surface area (Å²) in [5.41, 5.74) is 1.22. The molecule has 1 N–H and O–H groups in total. The van der Waals surface area contributed by atoms with Gasteiger partial charge in [-0.15, -0.1) is 0 Å². The number of methoxy groups -OCH3 is 1. The molecule has 0 bridgehead atoms. The molecule has 3 aromatic rings. The molecule has 1 fully saturated rings. The highest BCUT2D eigenvalue weighted by atomic mass is 16.5. The van der Waals surface area contributed by atoms with Gasteiger partial charge in [-0.2, -0.15) is 0 Å². The minimum Gasteiger partial charge on any atom is -0.493 e. The number of fused-ring (bicyclic) bond motifs is 1. The number of anilines is 1. The van der Waals surface area contributed by atoms with Crippen molar-refractivity contribution in [3.05, 3.63) is 54.3 Å². The highest BCUT2D eigenvalue weighted by Gasteiger charge is 2.20. The molecular formula is C21H21NO4. The van der Waals surface area contributed by atoms with Crippen LogP contribution < -0.4 is 14.8 Å². The van der Waals surface area contributed by atoms with Gasteiger partial charge in [-0.05, 0) is 49.9 Å². The second-order valence-electron chi connectivity index (χ2n) is 6.46. The molecule has 26 heavy (non-hydrogen) atoms. The number of rotatable bonds is 5. The maximum absolute atomic E-state index is 12.7. The number of furan rings is 1. The van der Waals surface area contributed by atoms with E-state index in [1.54, 1.807) is 19.2 Å². The average Bonchev–Trinajstić information content (AvgIpc) is 3.32. The molecule has 0 aliphatic heterocycles. The molecule has 0 saturated heterocycles. The molecule has 1 amide bonds. The van der Waals surface area contributed by atoms with E-state index in [-0.39, 0.29) is 17.8 Å². The van der Waals surface area contributed by atoms with Gasteiger partial charge in [0, 0.05) is 5.39 Å². The number of ether oxygens (including phenoxy) is 2. The predicted molar refractivity (Wildman–Crippen MR) is 100 cm³/mol. The summed E-state index contributed by atoms with van der Waals surface area (Å²) in [6, 6.07) is 14.8. The zero-order chi connectivity index (χ0) is 17.9. The Morgan fingerprint density at radius 2 is 1.85 bits per heavy atom. The lowest BCUT2D eigenvalue weighted by molar-refractivity contribution is 0.0997. The summed E-state index contributed by atoms with van der Waals surface area (Å²) in [5.74, 6) is 1.22. The lowest BCUT2D eigenvalue weighted by Crippen LogP contribution is -2.15. The molecule has 5 heteroatoms. The van der Waals surface area contributed by atoms with E-state index in [0.717, 1.165) is 18.2 Å². The first-order valence-corrected chi connectivity index (χ1v) is 8.88. The van der Waals surface area contributed by atoms with Crippen LogP contribution in [0, 0.1) is 0 Å². The predicted octanol–water partition coefficient (Wildman–Crippen LogP) is 5.02. The normalized spacial score (nSPS) is 14.5. The van der Waals surface area contributed by atoms with Crippen LogP contribution in [0.4, 0.5) is 5.69 Å². The quantitative estimate of drug-likeness (QED) is 0.701. The van der Waals surface area contributed by atoms with E-state index in [1.165, 1.54) is 12.8 Å². The second kappa shape index (κ2) is 7.12. The number of hydrogen-bond donors (Lipinski definition) is 1. The number of hydrogen-bond acceptors (Lipinski definition) is 4. The molecule has 5 nitrogen and oxygen atoms in total. The first-order chi connectivity index (χ1) is 12.7. The SMILES string of the molecule is COc1cccc2cc(C(=O)Nc3ccccc3OC3CCCC3)oc12. The Morgan fingerprint density at radius 3 is 2.65 bits per heavy atom. The van der Waals surface area contributed by atoms with Gasteiger partial charge >= 0.3 is 0 Å². The van der Waals surface area contributed by atoms with Gasteiger partial charge in [0.2, 0.25) is 0 Å². The third kappa shape index (κ3) is 3.25. The Balaban J connectivity index is 1.56. The third-order valence-electron chi connectivity index (χ3n) is 4.68. The molecule has 0 atom stereocenters. The van der Waals surface area contributed by atoms with Crippen LogP contribution in [0.5, 0.6) is 11.5 Å². The Bertz CT molecular complexity index is 925. The molecule has 0 unspecified atom stereocenters. The topological polar surface area (TPSA) is 60.7 Å². The smallest absolute Gasteiger partial charge is 0.291 e. The van der Waals surface area contributed by atoms with Crippen molar-refractivity contribution in [3.63, 3.8) is 0 Å². The van der Waals surface area contributed by atoms with Crippen molar-refractivity contribution in [2.24, 2.45) is 0 Å². The number of benzene rings is 2. The molecule has 1 heterocycles. The van der Waals surface area contributed by atoms with Gasteiger partial charge in [-0.1, -0.05) is 24.3 Å². The molecule has 1 aliphatic carbocycles. The summed E-state index contributed by atoms with van der Waals surface area (Å²) >= 11 is 0. The van der Waals surface area contributed by atoms with Crippen molar-refractivity contribution < 1.29 is 18.7 Å². The fourth-order valence-corrected chi connectivity index (χ4v) is 3.35. The van der Waals surface area contributed by atoms with E-state index >= 15 is 0 Å². The van der Waals surface area contributed by atoms with Gasteiger partial charge in [0.05, 0.1) is 18.9 Å². The van der Waals surface area contributed by atoms with E-state index < -0.39 is 0 Å². The van der Waals surface area contributed by atoms with Gasteiger partial charge in [-0.3, -0.25) is 4.79 Å². The zero-order valence-corrected chi connectivity index (χ0v) is 14.7. The molecular weight excluding hydrogens is 330 g/mol. The summed E-state index contributed by atoms with van der Waals surface area (Å²) in [7, 11) is 1.58. The second-order valence-corrected chi connectivity index (χ2v) is 6.46. The van der Waals surface area contributed by atoms with Crippen LogP contribution in [0.2, 0.25) is 0 Å². The maximum atomic E-state index is 12.7. The van der Waals surface area contributed by atoms with E-state index in [9.17, 15) is 4.79 Å². The average molecular weight is 351 g/mol. The molecule has 134 valence electrons. The minimum absolute atomic E-state index is 0.225. The zero-order valence-electron chi connectivity index (χ0n) is 14.7. The summed E-state index contributed by atoms with van der Waals surface area (Å²) in [5, 5.41) is 3.72. The van der Waals surface area contributed by atoms with Crippen LogP contribution in [0.1, 0.15) is 36.2 Å². The highest BCUT2D eigenvalue weighted by Crippen LogP contribution is 2.32. The monoisotopic (exact) mass is 351 g/mol. The fourth-order valence-electron chi connectivity index (χ4n) is 3.35. The summed E-state index contributed by atoms with van der Waals surface area (Å²) in [4.78, 5) is 12.7. The summed E-state index contributed by atoms with van der Waals surface area (Å²) in [6.45, 7) is 0. The standard InChI is InChI=1S/C21H21NO4/c1-24-18-12-6-7-14-13-19(26-20(14)18)21(23)22-16-10-4-5-11-17(16)25-15-8-2-3-9-15/h4-7,10-13,15H,2-3,8-9H2,1H3,(H,22,23). The number of nitrogens with one attached hydrogen (secondary N) is 1. The molecule has 1 aromatic heterocycles. The highest BCUT2D eigenvalue weighted by molar-refractivity contribution is 6.05. The van der Waals surface area contributed by atoms with Crippen LogP contribution in [0.25, 0.3) is 11.0 Å². The number of para-hydroxylation sites is 3. The minimum atomic E-state index is -0.314. The number of amides is 1. The van der Waals surface area contributed by atoms with Crippen molar-refractivity contribution in [2.45, 2.75) is 31.8 Å². The van der Waals surface area contributed by atoms with Crippen molar-refractivity contribution in [2.75, 3.05) is 12.4 Å². The lowest BCUT2D eigenvalue weighted by atomic mass is 10.2. The molecule has 0 spiro atoms. The van der Waals surface area contributed by atoms with Crippen LogP contribution in [-0.4, -0.2) is 19.1 Å². The van der Waals surface area contributed by atoms with Crippen LogP contribution in [0.15, 0.2) is 52.9 Å². The first-order valence-electron chi connectivity index (χ1n) is 8.88. The maximum Gasteiger partial charge on any atom is 0.291 e. The largest absolute Gasteiger partial charge is 0.493 e. The fraction of sp³-hybridized carbons (Fsp3) is 0.286. The van der Waals surface area contributed by atoms with Crippen molar-refractivity contribution >= 4 is 22.6 Å². The number of carbonyl (C=O) groups is 1. The van der Waals surface area contributed by atoms with E-state index in [1.807, 2.05) is 36.4 Å². The van der Waals surface area contributed by atoms with Gasteiger partial charge in [0.1, 0.15) is 5.75 Å². The molecule has 1 aliphatic rings. The van der Waals surface area contributed by atoms with Crippen molar-refractivity contribution in [1.29, 1.82) is 0 Å². The van der Waals surface area contributed by atoms with E-state index in [4.69, 9.17) is 13.9 Å². The molecule has 4 rings (SSSR count). The van der Waals surface area contributed by atoms with Gasteiger partial charge in [-0.25, -0.2) is 0 Å². The van der Waals surface area contributed by atoms with Gasteiger partial charge in [0.15, 0.2) is 17.1 Å². The van der Waals surface area contributed by atoms with Crippen LogP contribution >= 0.6 is 0 Å². The Labute approximate surface area is 151 Å². The molecule has 1 saturated carbocycles. The van der Waals surface area contributed by atoms with E-state index in [0.29, 0.717) is 22.8 Å². The van der Waals surface area contributed by atoms with Gasteiger partial charge < -0.3 is 19.2 Å². The molecule has 0 radical (unpaired) electrons. The lowest BCUT2D eigenvalue weighted by Gasteiger charge is -2.16. The summed E-state index contributed by atoms with van der Waals surface area (Å²) < 4.78 is 17.1. The summed E-state index contributed by atoms with van der Waals surface area (Å²) in [6.07, 6.45) is 4.74. The van der Waals surface area contributed by atoms with Gasteiger partial charge in [0.25, 0.3) is 5.91 Å². The first kappa shape index (κ1) is 16.5. The van der Waals surface area contributed by atoms with E-state index in [2.05, 4.69) is 5.32 Å². The Kier molecular flexibility index (Phi) is 4.52. The van der Waals surface area contributed by atoms with Crippen LogP contribution in [0.3, 0.4) is 0 Å². The van der Waals surface area contributed by atoms with Crippen molar-refractivity contribution in [1.82, 2.24) is 0 Å². The Morgan fingerprint density at radius 1 is 1.08 bits per heavy atom. The Hall–Kier alpha value is -2.95.